The second-order valence-corrected chi connectivity index (χ2v) is 12.0. The van der Waals surface area contributed by atoms with E-state index >= 15 is 0 Å². The SMILES string of the molecule is CS(=O)(=O)C1CCC(S(=O)(=O)c2ccc(NC(=O)NCc3cccnc3)cc2)CC1. The highest BCUT2D eigenvalue weighted by Gasteiger charge is 2.35. The molecule has 3 rings (SSSR count). The summed E-state index contributed by atoms with van der Waals surface area (Å²) >= 11 is 0. The number of aromatic nitrogens is 1. The number of urea groups is 1. The Morgan fingerprint density at radius 2 is 1.63 bits per heavy atom. The van der Waals surface area contributed by atoms with E-state index in [1.807, 2.05) is 6.07 Å². The van der Waals surface area contributed by atoms with Gasteiger partial charge in [0.25, 0.3) is 0 Å². The molecule has 1 aliphatic carbocycles. The van der Waals surface area contributed by atoms with Crippen LogP contribution >= 0.6 is 0 Å². The van der Waals surface area contributed by atoms with Gasteiger partial charge in [0.2, 0.25) is 0 Å². The standard InChI is InChI=1S/C20H25N3O5S2/c1-29(25,26)17-8-10-19(11-9-17)30(27,28)18-6-4-16(5-7-18)23-20(24)22-14-15-3-2-12-21-13-15/h2-7,12-13,17,19H,8-11,14H2,1H3,(H2,22,23,24). The molecule has 1 heterocycles. The summed E-state index contributed by atoms with van der Waals surface area (Å²) in [5.74, 6) is 0. The first-order valence-corrected chi connectivity index (χ1v) is 13.1. The first-order chi connectivity index (χ1) is 14.2. The van der Waals surface area contributed by atoms with Crippen molar-refractivity contribution >= 4 is 31.4 Å². The molecule has 1 saturated carbocycles. The second-order valence-electron chi connectivity index (χ2n) is 7.47. The fourth-order valence-corrected chi connectivity index (χ4v) is 6.47. The minimum absolute atomic E-state index is 0.173. The molecule has 2 N–H and O–H groups in total. The summed E-state index contributed by atoms with van der Waals surface area (Å²) in [5.41, 5.74) is 1.33. The molecule has 0 spiro atoms. The minimum Gasteiger partial charge on any atom is -0.334 e. The number of benzene rings is 1. The normalized spacial score (nSPS) is 19.8. The summed E-state index contributed by atoms with van der Waals surface area (Å²) in [5, 5.41) is 4.32. The van der Waals surface area contributed by atoms with Crippen molar-refractivity contribution in [1.82, 2.24) is 10.3 Å². The third-order valence-electron chi connectivity index (χ3n) is 5.28. The van der Waals surface area contributed by atoms with Crippen molar-refractivity contribution in [3.8, 4) is 0 Å². The Morgan fingerprint density at radius 1 is 1.00 bits per heavy atom. The molecule has 0 radical (unpaired) electrons. The Hall–Kier alpha value is -2.46. The van der Waals surface area contributed by atoms with Crippen LogP contribution in [0.25, 0.3) is 0 Å². The van der Waals surface area contributed by atoms with Gasteiger partial charge in [-0.25, -0.2) is 21.6 Å². The smallest absolute Gasteiger partial charge is 0.319 e. The highest BCUT2D eigenvalue weighted by Crippen LogP contribution is 2.31. The predicted molar refractivity (Wildman–Crippen MR) is 115 cm³/mol. The number of nitrogens with zero attached hydrogens (tertiary/aromatic N) is 1. The predicted octanol–water partition coefficient (Wildman–Crippen LogP) is 2.53. The van der Waals surface area contributed by atoms with Crippen molar-refractivity contribution in [3.63, 3.8) is 0 Å². The molecular weight excluding hydrogens is 426 g/mol. The molecule has 0 unspecified atom stereocenters. The monoisotopic (exact) mass is 451 g/mol. The molecule has 8 nitrogen and oxygen atoms in total. The number of amides is 2. The molecule has 30 heavy (non-hydrogen) atoms. The van der Waals surface area contributed by atoms with Crippen LogP contribution in [-0.4, -0.2) is 44.6 Å². The molecule has 0 bridgehead atoms. The number of anilines is 1. The van der Waals surface area contributed by atoms with Gasteiger partial charge in [0, 0.05) is 30.9 Å². The van der Waals surface area contributed by atoms with E-state index in [1.54, 1.807) is 30.6 Å². The molecule has 2 aromatic rings. The number of nitrogens with one attached hydrogen (secondary N) is 2. The van der Waals surface area contributed by atoms with Crippen LogP contribution in [-0.2, 0) is 26.2 Å². The highest BCUT2D eigenvalue weighted by molar-refractivity contribution is 7.92. The average Bonchev–Trinajstić information content (AvgIpc) is 2.73. The van der Waals surface area contributed by atoms with E-state index in [1.165, 1.54) is 18.4 Å². The molecule has 1 aromatic carbocycles. The van der Waals surface area contributed by atoms with Gasteiger partial charge in [0.1, 0.15) is 9.84 Å². The van der Waals surface area contributed by atoms with Gasteiger partial charge < -0.3 is 10.6 Å². The Bertz CT molecular complexity index is 1080. The molecule has 0 saturated heterocycles. The zero-order valence-electron chi connectivity index (χ0n) is 16.6. The average molecular weight is 452 g/mol. The van der Waals surface area contributed by atoms with E-state index in [2.05, 4.69) is 15.6 Å². The van der Waals surface area contributed by atoms with E-state index < -0.39 is 36.2 Å². The van der Waals surface area contributed by atoms with Crippen molar-refractivity contribution in [2.75, 3.05) is 11.6 Å². The largest absolute Gasteiger partial charge is 0.334 e. The maximum Gasteiger partial charge on any atom is 0.319 e. The topological polar surface area (TPSA) is 122 Å². The fourth-order valence-electron chi connectivity index (χ4n) is 3.55. The highest BCUT2D eigenvalue weighted by atomic mass is 32.2. The number of hydrogen-bond acceptors (Lipinski definition) is 6. The van der Waals surface area contributed by atoms with Gasteiger partial charge in [-0.3, -0.25) is 4.98 Å². The van der Waals surface area contributed by atoms with Gasteiger partial charge >= 0.3 is 6.03 Å². The summed E-state index contributed by atoms with van der Waals surface area (Å²) in [6.07, 6.45) is 5.89. The molecule has 2 amide bonds. The maximum absolute atomic E-state index is 12.9. The Morgan fingerprint density at radius 3 is 2.20 bits per heavy atom. The molecular formula is C20H25N3O5S2. The van der Waals surface area contributed by atoms with Crippen molar-refractivity contribution in [3.05, 3.63) is 54.4 Å². The van der Waals surface area contributed by atoms with E-state index in [4.69, 9.17) is 0 Å². The van der Waals surface area contributed by atoms with Crippen LogP contribution in [0.5, 0.6) is 0 Å². The lowest BCUT2D eigenvalue weighted by atomic mass is 10.00. The molecule has 1 aromatic heterocycles. The second kappa shape index (κ2) is 9.13. The number of carbonyl (C=O) groups is 1. The van der Waals surface area contributed by atoms with Crippen molar-refractivity contribution in [1.29, 1.82) is 0 Å². The van der Waals surface area contributed by atoms with Crippen molar-refractivity contribution in [2.45, 2.75) is 47.6 Å². The number of hydrogen-bond donors (Lipinski definition) is 2. The number of pyridine rings is 1. The quantitative estimate of drug-likeness (QED) is 0.696. The molecule has 0 atom stereocenters. The van der Waals surface area contributed by atoms with Gasteiger partial charge in [-0.2, -0.15) is 0 Å². The van der Waals surface area contributed by atoms with E-state index in [-0.39, 0.29) is 4.90 Å². The summed E-state index contributed by atoms with van der Waals surface area (Å²) in [6, 6.07) is 9.23. The van der Waals surface area contributed by atoms with E-state index in [0.29, 0.717) is 37.9 Å². The van der Waals surface area contributed by atoms with E-state index in [9.17, 15) is 21.6 Å². The summed E-state index contributed by atoms with van der Waals surface area (Å²) in [6.45, 7) is 0.322. The fraction of sp³-hybridized carbons (Fsp3) is 0.400. The lowest BCUT2D eigenvalue weighted by molar-refractivity contribution is 0.251. The van der Waals surface area contributed by atoms with Crippen LogP contribution in [0.15, 0.2) is 53.7 Å². The zero-order chi connectivity index (χ0) is 21.8. The number of sulfone groups is 2. The summed E-state index contributed by atoms with van der Waals surface area (Å²) in [4.78, 5) is 16.2. The molecule has 162 valence electrons. The third-order valence-corrected chi connectivity index (χ3v) is 9.24. The van der Waals surface area contributed by atoms with Gasteiger partial charge in [-0.15, -0.1) is 0 Å². The molecule has 1 aliphatic rings. The maximum atomic E-state index is 12.9. The van der Waals surface area contributed by atoms with Gasteiger partial charge in [-0.05, 0) is 61.6 Å². The van der Waals surface area contributed by atoms with Crippen LogP contribution in [0, 0.1) is 0 Å². The Labute approximate surface area is 176 Å². The van der Waals surface area contributed by atoms with Crippen LogP contribution in [0.4, 0.5) is 10.5 Å². The Kier molecular flexibility index (Phi) is 6.77. The van der Waals surface area contributed by atoms with Crippen LogP contribution < -0.4 is 10.6 Å². The number of rotatable bonds is 6. The van der Waals surface area contributed by atoms with Gasteiger partial charge in [-0.1, -0.05) is 6.07 Å². The lowest BCUT2D eigenvalue weighted by Gasteiger charge is -2.27. The molecule has 0 aliphatic heterocycles. The number of carbonyl (C=O) groups excluding carboxylic acids is 1. The lowest BCUT2D eigenvalue weighted by Crippen LogP contribution is -2.32. The van der Waals surface area contributed by atoms with Crippen LogP contribution in [0.1, 0.15) is 31.2 Å². The molecule has 1 fully saturated rings. The van der Waals surface area contributed by atoms with Gasteiger partial charge in [0.05, 0.1) is 15.4 Å². The minimum atomic E-state index is -3.55. The summed E-state index contributed by atoms with van der Waals surface area (Å²) in [7, 11) is -6.70. The van der Waals surface area contributed by atoms with Crippen molar-refractivity contribution in [2.24, 2.45) is 0 Å². The summed E-state index contributed by atoms with van der Waals surface area (Å²) < 4.78 is 49.1. The zero-order valence-corrected chi connectivity index (χ0v) is 18.2. The van der Waals surface area contributed by atoms with Crippen LogP contribution in [0.3, 0.4) is 0 Å². The van der Waals surface area contributed by atoms with Gasteiger partial charge in [0.15, 0.2) is 9.84 Å². The first kappa shape index (κ1) is 22.2. The van der Waals surface area contributed by atoms with Crippen LogP contribution in [0.2, 0.25) is 0 Å². The van der Waals surface area contributed by atoms with E-state index in [0.717, 1.165) is 5.56 Å². The Balaban J connectivity index is 1.57. The van der Waals surface area contributed by atoms with Crippen molar-refractivity contribution < 1.29 is 21.6 Å². The third kappa shape index (κ3) is 5.57. The molecule has 10 heteroatoms. The first-order valence-electron chi connectivity index (χ1n) is 9.63.